The summed E-state index contributed by atoms with van der Waals surface area (Å²) >= 11 is 1.74. The molecule has 0 unspecified atom stereocenters. The molecule has 3 fully saturated rings. The van der Waals surface area contributed by atoms with Gasteiger partial charge in [0.15, 0.2) is 0 Å². The molecule has 3 N–H and O–H groups in total. The second kappa shape index (κ2) is 5.41. The number of rotatable bonds is 3. The van der Waals surface area contributed by atoms with E-state index >= 15 is 0 Å². The van der Waals surface area contributed by atoms with Crippen LogP contribution in [-0.4, -0.2) is 26.2 Å². The zero-order chi connectivity index (χ0) is 17.2. The Morgan fingerprint density at radius 1 is 1.29 bits per heavy atom. The number of alkyl halides is 3. The molecule has 0 spiro atoms. The molecule has 0 radical (unpaired) electrons. The molecule has 5 rings (SSSR count). The molecule has 0 amide bonds. The first kappa shape index (κ1) is 16.8. The predicted octanol–water partition coefficient (Wildman–Crippen LogP) is 4.38. The number of halogens is 4. The third-order valence-electron chi connectivity index (χ3n) is 4.89. The number of nitrogens with zero attached hydrogens (tertiary/aromatic N) is 2. The van der Waals surface area contributed by atoms with Crippen LogP contribution in [-0.2, 0) is 0 Å². The summed E-state index contributed by atoms with van der Waals surface area (Å²) in [6.07, 6.45) is 4.96. The number of aromatic nitrogens is 2. The molecular weight excluding hydrogens is 452 g/mol. The maximum absolute atomic E-state index is 12.8. The zero-order valence-corrected chi connectivity index (χ0v) is 15.6. The molecule has 2 aromatic heterocycles. The highest BCUT2D eigenvalue weighted by Crippen LogP contribution is 2.52. The Balaban J connectivity index is 1.69. The van der Waals surface area contributed by atoms with Gasteiger partial charge in [-0.05, 0) is 78.6 Å². The van der Waals surface area contributed by atoms with Crippen molar-refractivity contribution in [3.63, 3.8) is 0 Å². The van der Waals surface area contributed by atoms with E-state index in [0.717, 1.165) is 37.9 Å². The van der Waals surface area contributed by atoms with E-state index in [0.29, 0.717) is 9.22 Å². The quantitative estimate of drug-likeness (QED) is 0.519. The molecule has 3 saturated carbocycles. The molecule has 0 aliphatic heterocycles. The van der Waals surface area contributed by atoms with Crippen molar-refractivity contribution in [1.82, 2.24) is 9.61 Å². The average Bonchev–Trinajstić information content (AvgIpc) is 2.74. The topological polar surface area (TPSA) is 55.3 Å². The van der Waals surface area contributed by atoms with Crippen molar-refractivity contribution in [2.45, 2.75) is 53.6 Å². The number of thioether (sulfide) groups is 1. The number of fused-ring (bicyclic) bond motifs is 3. The molecule has 9 heteroatoms. The lowest BCUT2D eigenvalue weighted by atomic mass is 9.55. The van der Waals surface area contributed by atoms with Crippen LogP contribution in [0.4, 0.5) is 19.0 Å². The molecule has 2 bridgehead atoms. The van der Waals surface area contributed by atoms with Gasteiger partial charge in [-0.1, -0.05) is 6.07 Å². The maximum atomic E-state index is 12.8. The fraction of sp³-hybridized carbons (Fsp3) is 0.533. The Morgan fingerprint density at radius 2 is 2.04 bits per heavy atom. The van der Waals surface area contributed by atoms with E-state index in [4.69, 9.17) is 5.73 Å². The van der Waals surface area contributed by atoms with Gasteiger partial charge in [0, 0.05) is 11.1 Å². The Labute approximate surface area is 154 Å². The maximum Gasteiger partial charge on any atom is 0.446 e. The summed E-state index contributed by atoms with van der Waals surface area (Å²) in [5.41, 5.74) is 2.32. The van der Waals surface area contributed by atoms with E-state index in [2.05, 4.69) is 10.4 Å². The molecule has 3 aliphatic rings. The molecule has 0 aromatic carbocycles. The molecule has 130 valence electrons. The van der Waals surface area contributed by atoms with Crippen molar-refractivity contribution >= 4 is 45.7 Å². The summed E-state index contributed by atoms with van der Waals surface area (Å²) in [7, 11) is 0. The number of hydrogen-bond acceptors (Lipinski definition) is 4. The van der Waals surface area contributed by atoms with E-state index in [1.54, 1.807) is 16.6 Å². The van der Waals surface area contributed by atoms with E-state index < -0.39 is 5.51 Å². The van der Waals surface area contributed by atoms with Gasteiger partial charge in [-0.25, -0.2) is 4.52 Å². The largest absolute Gasteiger partial charge is 0.446 e. The molecular formula is C15H16F3IN4S. The second-order valence-corrected chi connectivity index (χ2v) is 8.95. The van der Waals surface area contributed by atoms with Crippen LogP contribution in [0.5, 0.6) is 0 Å². The Bertz CT molecular complexity index is 798. The van der Waals surface area contributed by atoms with E-state index in [1.165, 1.54) is 0 Å². The summed E-state index contributed by atoms with van der Waals surface area (Å²) in [4.78, 5) is 0.148. The SMILES string of the molecule is NC12CCCC(Nc3cccc4c(SC(F)(F)F)c(I)nn34)(C1)C2. The normalized spacial score (nSPS) is 29.5. The number of nitrogens with one attached hydrogen (secondary N) is 1. The van der Waals surface area contributed by atoms with Crippen LogP contribution >= 0.6 is 34.4 Å². The van der Waals surface area contributed by atoms with Crippen molar-refractivity contribution in [2.75, 3.05) is 5.32 Å². The highest BCUT2D eigenvalue weighted by molar-refractivity contribution is 14.1. The van der Waals surface area contributed by atoms with Gasteiger partial charge in [0.25, 0.3) is 0 Å². The third kappa shape index (κ3) is 2.88. The van der Waals surface area contributed by atoms with Gasteiger partial charge in [0.1, 0.15) is 9.52 Å². The lowest BCUT2D eigenvalue weighted by molar-refractivity contribution is -0.0328. The van der Waals surface area contributed by atoms with E-state index in [1.807, 2.05) is 28.7 Å². The smallest absolute Gasteiger partial charge is 0.364 e. The standard InChI is InChI=1S/C15H16F3IN4S/c16-15(17,18)24-11-9-3-1-4-10(23(9)22-12(11)19)21-14-6-2-5-13(20,7-14)8-14/h1,3-4,21H,2,5-8,20H2. The lowest BCUT2D eigenvalue weighted by Crippen LogP contribution is -2.68. The van der Waals surface area contributed by atoms with Crippen LogP contribution in [0.3, 0.4) is 0 Å². The molecule has 0 saturated heterocycles. The van der Waals surface area contributed by atoms with Crippen molar-refractivity contribution in [3.8, 4) is 0 Å². The first-order chi connectivity index (χ1) is 11.2. The fourth-order valence-corrected chi connectivity index (χ4v) is 5.61. The predicted molar refractivity (Wildman–Crippen MR) is 96.2 cm³/mol. The van der Waals surface area contributed by atoms with Crippen molar-refractivity contribution in [1.29, 1.82) is 0 Å². The summed E-state index contributed by atoms with van der Waals surface area (Å²) in [5, 5.41) is 7.84. The van der Waals surface area contributed by atoms with Gasteiger partial charge in [-0.2, -0.15) is 18.3 Å². The first-order valence-electron chi connectivity index (χ1n) is 7.69. The number of anilines is 1. The van der Waals surface area contributed by atoms with E-state index in [-0.39, 0.29) is 27.7 Å². The number of nitrogens with two attached hydrogens (primary N) is 1. The van der Waals surface area contributed by atoms with Gasteiger partial charge >= 0.3 is 5.51 Å². The van der Waals surface area contributed by atoms with Crippen molar-refractivity contribution in [2.24, 2.45) is 5.73 Å². The fourth-order valence-electron chi connectivity index (χ4n) is 4.18. The van der Waals surface area contributed by atoms with Crippen molar-refractivity contribution in [3.05, 3.63) is 21.9 Å². The summed E-state index contributed by atoms with van der Waals surface area (Å²) in [5.74, 6) is 0.725. The minimum Gasteiger partial charge on any atom is -0.364 e. The monoisotopic (exact) mass is 468 g/mol. The summed E-state index contributed by atoms with van der Waals surface area (Å²) in [6, 6.07) is 5.29. The van der Waals surface area contributed by atoms with Gasteiger partial charge in [0.05, 0.1) is 10.4 Å². The van der Waals surface area contributed by atoms with Gasteiger partial charge in [-0.15, -0.1) is 0 Å². The Morgan fingerprint density at radius 3 is 2.71 bits per heavy atom. The average molecular weight is 468 g/mol. The third-order valence-corrected chi connectivity index (χ3v) is 6.85. The number of pyridine rings is 1. The minimum atomic E-state index is -4.33. The highest BCUT2D eigenvalue weighted by Gasteiger charge is 2.55. The van der Waals surface area contributed by atoms with Gasteiger partial charge < -0.3 is 11.1 Å². The molecule has 4 nitrogen and oxygen atoms in total. The second-order valence-electron chi connectivity index (χ2n) is 6.85. The van der Waals surface area contributed by atoms with Gasteiger partial charge in [-0.3, -0.25) is 0 Å². The molecule has 2 heterocycles. The van der Waals surface area contributed by atoms with E-state index in [9.17, 15) is 13.2 Å². The zero-order valence-electron chi connectivity index (χ0n) is 12.7. The molecule has 2 aromatic rings. The molecule has 3 aliphatic carbocycles. The van der Waals surface area contributed by atoms with Crippen LogP contribution < -0.4 is 11.1 Å². The highest BCUT2D eigenvalue weighted by atomic mass is 127. The van der Waals surface area contributed by atoms with Crippen LogP contribution in [0.15, 0.2) is 23.1 Å². The Hall–Kier alpha value is -0.680. The van der Waals surface area contributed by atoms with Crippen LogP contribution in [0.1, 0.15) is 32.1 Å². The summed E-state index contributed by atoms with van der Waals surface area (Å²) in [6.45, 7) is 0. The molecule has 24 heavy (non-hydrogen) atoms. The molecule has 0 atom stereocenters. The van der Waals surface area contributed by atoms with Crippen LogP contribution in [0, 0.1) is 3.70 Å². The lowest BCUT2D eigenvalue weighted by Gasteiger charge is -2.59. The van der Waals surface area contributed by atoms with Crippen LogP contribution in [0.2, 0.25) is 0 Å². The Kier molecular flexibility index (Phi) is 3.78. The van der Waals surface area contributed by atoms with Crippen LogP contribution in [0.25, 0.3) is 5.52 Å². The van der Waals surface area contributed by atoms with Crippen molar-refractivity contribution < 1.29 is 13.2 Å². The van der Waals surface area contributed by atoms with Gasteiger partial charge in [0.2, 0.25) is 0 Å². The minimum absolute atomic E-state index is 0.0456. The first-order valence-corrected chi connectivity index (χ1v) is 9.58. The number of hydrogen-bond donors (Lipinski definition) is 2. The summed E-state index contributed by atoms with van der Waals surface area (Å²) < 4.78 is 40.3.